The van der Waals surface area contributed by atoms with Crippen molar-refractivity contribution in [1.29, 1.82) is 0 Å². The number of nitrogens with one attached hydrogen (secondary N) is 3. The largest absolute Gasteiger partial charge is 0.361 e. The highest BCUT2D eigenvalue weighted by molar-refractivity contribution is 5.82. The normalized spacial score (nSPS) is 19.7. The second-order valence-electron chi connectivity index (χ2n) is 5.18. The van der Waals surface area contributed by atoms with Crippen LogP contribution in [0.5, 0.6) is 0 Å². The standard InChI is InChI=1S/C15H21N3/c1-2-4-15-14(3-1)13(11-18-15)10-17-8-6-12-5-7-16-9-12/h1-4,11-12,16-18H,5-10H2. The molecule has 96 valence electrons. The molecule has 1 atom stereocenters. The van der Waals surface area contributed by atoms with Gasteiger partial charge in [-0.3, -0.25) is 0 Å². The second-order valence-corrected chi connectivity index (χ2v) is 5.18. The average molecular weight is 243 g/mol. The summed E-state index contributed by atoms with van der Waals surface area (Å²) in [6, 6.07) is 8.49. The summed E-state index contributed by atoms with van der Waals surface area (Å²) in [6.45, 7) is 4.48. The van der Waals surface area contributed by atoms with Crippen LogP contribution < -0.4 is 10.6 Å². The molecule has 3 nitrogen and oxygen atoms in total. The van der Waals surface area contributed by atoms with Crippen LogP contribution in [0.1, 0.15) is 18.4 Å². The van der Waals surface area contributed by atoms with Gasteiger partial charge in [0.05, 0.1) is 0 Å². The zero-order valence-electron chi connectivity index (χ0n) is 10.7. The molecule has 18 heavy (non-hydrogen) atoms. The van der Waals surface area contributed by atoms with Gasteiger partial charge < -0.3 is 15.6 Å². The van der Waals surface area contributed by atoms with Gasteiger partial charge in [-0.2, -0.15) is 0 Å². The lowest BCUT2D eigenvalue weighted by molar-refractivity contribution is 0.500. The molecular formula is C15H21N3. The molecule has 1 unspecified atom stereocenters. The number of rotatable bonds is 5. The summed E-state index contributed by atoms with van der Waals surface area (Å²) in [4.78, 5) is 3.32. The zero-order valence-corrected chi connectivity index (χ0v) is 10.7. The maximum Gasteiger partial charge on any atom is 0.0457 e. The van der Waals surface area contributed by atoms with Gasteiger partial charge in [0, 0.05) is 23.6 Å². The van der Waals surface area contributed by atoms with Gasteiger partial charge in [-0.15, -0.1) is 0 Å². The Morgan fingerprint density at radius 1 is 1.28 bits per heavy atom. The van der Waals surface area contributed by atoms with E-state index in [0.29, 0.717) is 0 Å². The second kappa shape index (κ2) is 5.55. The Kier molecular flexibility index (Phi) is 3.62. The number of para-hydroxylation sites is 1. The third-order valence-corrected chi connectivity index (χ3v) is 3.88. The number of aromatic amines is 1. The smallest absolute Gasteiger partial charge is 0.0457 e. The van der Waals surface area contributed by atoms with E-state index in [0.717, 1.165) is 19.0 Å². The van der Waals surface area contributed by atoms with Crippen molar-refractivity contribution in [3.05, 3.63) is 36.0 Å². The third-order valence-electron chi connectivity index (χ3n) is 3.88. The Hall–Kier alpha value is -1.32. The summed E-state index contributed by atoms with van der Waals surface area (Å²) in [5.74, 6) is 0.875. The fraction of sp³-hybridized carbons (Fsp3) is 0.467. The van der Waals surface area contributed by atoms with Gasteiger partial charge in [0.1, 0.15) is 0 Å². The topological polar surface area (TPSA) is 39.8 Å². The van der Waals surface area contributed by atoms with Crippen LogP contribution in [-0.4, -0.2) is 24.6 Å². The molecule has 1 aromatic carbocycles. The minimum absolute atomic E-state index is 0.875. The molecule has 0 aliphatic carbocycles. The van der Waals surface area contributed by atoms with Gasteiger partial charge in [-0.25, -0.2) is 0 Å². The van der Waals surface area contributed by atoms with Gasteiger partial charge in [0.2, 0.25) is 0 Å². The van der Waals surface area contributed by atoms with E-state index in [2.05, 4.69) is 46.1 Å². The first-order valence-electron chi connectivity index (χ1n) is 6.90. The van der Waals surface area contributed by atoms with E-state index in [-0.39, 0.29) is 0 Å². The van der Waals surface area contributed by atoms with E-state index in [9.17, 15) is 0 Å². The van der Waals surface area contributed by atoms with Gasteiger partial charge >= 0.3 is 0 Å². The minimum Gasteiger partial charge on any atom is -0.361 e. The van der Waals surface area contributed by atoms with E-state index in [4.69, 9.17) is 0 Å². The van der Waals surface area contributed by atoms with E-state index >= 15 is 0 Å². The number of H-pyrrole nitrogens is 1. The molecule has 0 radical (unpaired) electrons. The van der Waals surface area contributed by atoms with Crippen molar-refractivity contribution in [3.63, 3.8) is 0 Å². The third kappa shape index (κ3) is 2.57. The molecule has 2 heterocycles. The van der Waals surface area contributed by atoms with E-state index < -0.39 is 0 Å². The molecule has 1 fully saturated rings. The Labute approximate surface area is 108 Å². The first-order valence-corrected chi connectivity index (χ1v) is 6.90. The molecule has 3 N–H and O–H groups in total. The summed E-state index contributed by atoms with van der Waals surface area (Å²) in [7, 11) is 0. The molecule has 0 spiro atoms. The lowest BCUT2D eigenvalue weighted by Gasteiger charge is -2.08. The number of aromatic nitrogens is 1. The van der Waals surface area contributed by atoms with Crippen LogP contribution >= 0.6 is 0 Å². The Balaban J connectivity index is 1.50. The number of hydrogen-bond donors (Lipinski definition) is 3. The van der Waals surface area contributed by atoms with Gasteiger partial charge in [-0.05, 0) is 50.0 Å². The van der Waals surface area contributed by atoms with Gasteiger partial charge in [-0.1, -0.05) is 18.2 Å². The van der Waals surface area contributed by atoms with E-state index in [1.54, 1.807) is 0 Å². The molecule has 1 aliphatic heterocycles. The molecule has 3 heteroatoms. The summed E-state index contributed by atoms with van der Waals surface area (Å²) in [5.41, 5.74) is 2.60. The zero-order chi connectivity index (χ0) is 12.2. The monoisotopic (exact) mass is 243 g/mol. The Morgan fingerprint density at radius 3 is 3.11 bits per heavy atom. The maximum absolute atomic E-state index is 3.56. The quantitative estimate of drug-likeness (QED) is 0.705. The molecule has 1 saturated heterocycles. The molecule has 0 saturated carbocycles. The van der Waals surface area contributed by atoms with E-state index in [1.807, 2.05) is 0 Å². The Bertz CT molecular complexity index is 497. The molecule has 1 aromatic heterocycles. The fourth-order valence-corrected chi connectivity index (χ4v) is 2.77. The first-order chi connectivity index (χ1) is 8.93. The lowest BCUT2D eigenvalue weighted by atomic mass is 10.1. The number of benzene rings is 1. The highest BCUT2D eigenvalue weighted by atomic mass is 14.9. The summed E-state index contributed by atoms with van der Waals surface area (Å²) in [6.07, 6.45) is 4.75. The minimum atomic E-state index is 0.875. The molecule has 0 bridgehead atoms. The van der Waals surface area contributed by atoms with Crippen LogP contribution in [0.25, 0.3) is 10.9 Å². The molecule has 3 rings (SSSR count). The van der Waals surface area contributed by atoms with Crippen LogP contribution in [-0.2, 0) is 6.54 Å². The lowest BCUT2D eigenvalue weighted by Crippen LogP contribution is -2.18. The van der Waals surface area contributed by atoms with Crippen LogP contribution in [0.4, 0.5) is 0 Å². The maximum atomic E-state index is 3.56. The summed E-state index contributed by atoms with van der Waals surface area (Å²) in [5, 5.41) is 8.32. The fourth-order valence-electron chi connectivity index (χ4n) is 2.77. The van der Waals surface area contributed by atoms with Crippen LogP contribution in [0.2, 0.25) is 0 Å². The predicted molar refractivity (Wildman–Crippen MR) is 75.6 cm³/mol. The van der Waals surface area contributed by atoms with Crippen molar-refractivity contribution in [2.24, 2.45) is 5.92 Å². The summed E-state index contributed by atoms with van der Waals surface area (Å²) >= 11 is 0. The van der Waals surface area contributed by atoms with Crippen LogP contribution in [0, 0.1) is 5.92 Å². The molecule has 0 amide bonds. The van der Waals surface area contributed by atoms with Gasteiger partial charge in [0.15, 0.2) is 0 Å². The SMILES string of the molecule is c1ccc2c(CNCCC3CCNC3)c[nH]c2c1. The number of hydrogen-bond acceptors (Lipinski definition) is 2. The van der Waals surface area contributed by atoms with Crippen molar-refractivity contribution < 1.29 is 0 Å². The van der Waals surface area contributed by atoms with Gasteiger partial charge in [0.25, 0.3) is 0 Å². The Morgan fingerprint density at radius 2 is 2.22 bits per heavy atom. The molecule has 1 aliphatic rings. The first kappa shape index (κ1) is 11.8. The average Bonchev–Trinajstić information content (AvgIpc) is 3.04. The predicted octanol–water partition coefficient (Wildman–Crippen LogP) is 2.26. The molecular weight excluding hydrogens is 222 g/mol. The summed E-state index contributed by atoms with van der Waals surface area (Å²) < 4.78 is 0. The molecule has 2 aromatic rings. The highest BCUT2D eigenvalue weighted by Crippen LogP contribution is 2.17. The van der Waals surface area contributed by atoms with Crippen molar-refractivity contribution in [3.8, 4) is 0 Å². The van der Waals surface area contributed by atoms with Crippen LogP contribution in [0.15, 0.2) is 30.5 Å². The van der Waals surface area contributed by atoms with Crippen LogP contribution in [0.3, 0.4) is 0 Å². The van der Waals surface area contributed by atoms with Crippen molar-refractivity contribution in [2.75, 3.05) is 19.6 Å². The van der Waals surface area contributed by atoms with Crippen molar-refractivity contribution in [2.45, 2.75) is 19.4 Å². The highest BCUT2D eigenvalue weighted by Gasteiger charge is 2.13. The van der Waals surface area contributed by atoms with Crippen molar-refractivity contribution in [1.82, 2.24) is 15.6 Å². The number of fused-ring (bicyclic) bond motifs is 1. The van der Waals surface area contributed by atoms with Crippen molar-refractivity contribution >= 4 is 10.9 Å². The van der Waals surface area contributed by atoms with E-state index in [1.165, 1.54) is 42.4 Å².